The molecule has 4 rings (SSSR count). The molecule has 0 fully saturated rings. The second-order valence-electron chi connectivity index (χ2n) is 7.05. The molecule has 5 nitrogen and oxygen atoms in total. The van der Waals surface area contributed by atoms with E-state index < -0.39 is 18.0 Å². The largest absolute Gasteiger partial charge is 0.497 e. The topological polar surface area (TPSA) is 72.8 Å². The Morgan fingerprint density at radius 1 is 0.833 bits per heavy atom. The molecular formula is C25H20O5. The highest BCUT2D eigenvalue weighted by Crippen LogP contribution is 2.23. The normalized spacial score (nSPS) is 11.9. The van der Waals surface area contributed by atoms with Crippen molar-refractivity contribution >= 4 is 33.5 Å². The first kappa shape index (κ1) is 19.5. The minimum absolute atomic E-state index is 0.0800. The Morgan fingerprint density at radius 3 is 2.27 bits per heavy atom. The van der Waals surface area contributed by atoms with Crippen molar-refractivity contribution in [1.82, 2.24) is 0 Å². The molecule has 1 atom stereocenters. The number of rotatable bonds is 6. The Morgan fingerprint density at radius 2 is 1.50 bits per heavy atom. The SMILES string of the molecule is COc1ccc2cc(CC(OC(=O)c3ccc4ccccc4c3)C(=O)O)ccc2c1. The number of carbonyl (C=O) groups excluding carboxylic acids is 1. The molecule has 30 heavy (non-hydrogen) atoms. The van der Waals surface area contributed by atoms with Crippen molar-refractivity contribution in [3.8, 4) is 5.75 Å². The van der Waals surface area contributed by atoms with Gasteiger partial charge in [-0.15, -0.1) is 0 Å². The molecule has 1 N–H and O–H groups in total. The summed E-state index contributed by atoms with van der Waals surface area (Å²) in [5, 5.41) is 13.4. The highest BCUT2D eigenvalue weighted by Gasteiger charge is 2.24. The van der Waals surface area contributed by atoms with Crippen LogP contribution in [0.2, 0.25) is 0 Å². The van der Waals surface area contributed by atoms with Crippen LogP contribution in [0.25, 0.3) is 21.5 Å². The minimum atomic E-state index is -1.28. The van der Waals surface area contributed by atoms with Crippen molar-refractivity contribution < 1.29 is 24.2 Å². The molecule has 150 valence electrons. The van der Waals surface area contributed by atoms with Crippen LogP contribution in [0.15, 0.2) is 78.9 Å². The first-order chi connectivity index (χ1) is 14.5. The van der Waals surface area contributed by atoms with E-state index in [2.05, 4.69) is 0 Å². The number of carboxylic acids is 1. The third-order valence-corrected chi connectivity index (χ3v) is 5.04. The quantitative estimate of drug-likeness (QED) is 0.468. The molecule has 1 unspecified atom stereocenters. The first-order valence-corrected chi connectivity index (χ1v) is 9.53. The maximum Gasteiger partial charge on any atom is 0.345 e. The summed E-state index contributed by atoms with van der Waals surface area (Å²) >= 11 is 0. The standard InChI is InChI=1S/C25H20O5/c1-29-22-11-10-19-12-16(6-7-20(19)15-22)13-23(24(26)27)30-25(28)21-9-8-17-4-2-3-5-18(17)14-21/h2-12,14-15,23H,13H2,1H3,(H,26,27). The molecule has 4 aromatic carbocycles. The molecule has 0 spiro atoms. The Balaban J connectivity index is 1.54. The minimum Gasteiger partial charge on any atom is -0.497 e. The predicted octanol–water partition coefficient (Wildman–Crippen LogP) is 4.85. The van der Waals surface area contributed by atoms with Gasteiger partial charge in [-0.05, 0) is 51.4 Å². The maximum absolute atomic E-state index is 12.6. The smallest absolute Gasteiger partial charge is 0.345 e. The number of fused-ring (bicyclic) bond motifs is 2. The van der Waals surface area contributed by atoms with Crippen LogP contribution in [-0.4, -0.2) is 30.3 Å². The van der Waals surface area contributed by atoms with E-state index in [1.807, 2.05) is 66.7 Å². The zero-order chi connectivity index (χ0) is 21.1. The molecule has 4 aromatic rings. The number of hydrogen-bond acceptors (Lipinski definition) is 4. The van der Waals surface area contributed by atoms with Crippen molar-refractivity contribution in [3.63, 3.8) is 0 Å². The Kier molecular flexibility index (Phi) is 5.35. The number of carboxylic acid groups (broad SMARTS) is 1. The number of carbonyl (C=O) groups is 2. The lowest BCUT2D eigenvalue weighted by molar-refractivity contribution is -0.147. The summed E-state index contributed by atoms with van der Waals surface area (Å²) in [6.07, 6.45) is -1.20. The molecule has 0 radical (unpaired) electrons. The molecule has 0 amide bonds. The van der Waals surface area contributed by atoms with Crippen molar-refractivity contribution in [1.29, 1.82) is 0 Å². The summed E-state index contributed by atoms with van der Waals surface area (Å²) in [5.41, 5.74) is 1.09. The fourth-order valence-corrected chi connectivity index (χ4v) is 3.43. The van der Waals surface area contributed by atoms with E-state index in [-0.39, 0.29) is 6.42 Å². The van der Waals surface area contributed by atoms with E-state index in [9.17, 15) is 14.7 Å². The zero-order valence-corrected chi connectivity index (χ0v) is 16.4. The van der Waals surface area contributed by atoms with Crippen molar-refractivity contribution in [3.05, 3.63) is 90.0 Å². The van der Waals surface area contributed by atoms with Crippen LogP contribution in [0.3, 0.4) is 0 Å². The van der Waals surface area contributed by atoms with Crippen LogP contribution >= 0.6 is 0 Å². The number of benzene rings is 4. The number of methoxy groups -OCH3 is 1. The van der Waals surface area contributed by atoms with Crippen LogP contribution in [-0.2, 0) is 16.0 Å². The number of aliphatic carboxylic acids is 1. The van der Waals surface area contributed by atoms with Gasteiger partial charge in [0.1, 0.15) is 5.75 Å². The van der Waals surface area contributed by atoms with Gasteiger partial charge in [0.05, 0.1) is 12.7 Å². The average Bonchev–Trinajstić information content (AvgIpc) is 2.77. The number of esters is 1. The summed E-state index contributed by atoms with van der Waals surface area (Å²) in [4.78, 5) is 24.3. The molecule has 0 saturated heterocycles. The third kappa shape index (κ3) is 4.10. The average molecular weight is 400 g/mol. The van der Waals surface area contributed by atoms with E-state index in [0.29, 0.717) is 5.56 Å². The Labute approximate surface area is 173 Å². The molecule has 0 aromatic heterocycles. The van der Waals surface area contributed by atoms with Crippen LogP contribution in [0, 0.1) is 0 Å². The van der Waals surface area contributed by atoms with Gasteiger partial charge < -0.3 is 14.6 Å². The van der Waals surface area contributed by atoms with E-state index >= 15 is 0 Å². The van der Waals surface area contributed by atoms with Gasteiger partial charge in [-0.25, -0.2) is 9.59 Å². The van der Waals surface area contributed by atoms with E-state index in [1.165, 1.54) is 0 Å². The van der Waals surface area contributed by atoms with Crippen molar-refractivity contribution in [2.45, 2.75) is 12.5 Å². The van der Waals surface area contributed by atoms with E-state index in [4.69, 9.17) is 9.47 Å². The zero-order valence-electron chi connectivity index (χ0n) is 16.4. The molecule has 0 heterocycles. The van der Waals surface area contributed by atoms with Crippen LogP contribution in [0.5, 0.6) is 5.75 Å². The van der Waals surface area contributed by atoms with Gasteiger partial charge in [0.2, 0.25) is 6.10 Å². The van der Waals surface area contributed by atoms with E-state index in [0.717, 1.165) is 32.9 Å². The van der Waals surface area contributed by atoms with Gasteiger partial charge in [-0.1, -0.05) is 54.6 Å². The lowest BCUT2D eigenvalue weighted by atomic mass is 10.0. The van der Waals surface area contributed by atoms with Gasteiger partial charge >= 0.3 is 11.9 Å². The van der Waals surface area contributed by atoms with Crippen LogP contribution in [0.4, 0.5) is 0 Å². The number of ether oxygens (including phenoxy) is 2. The molecule has 0 aliphatic carbocycles. The van der Waals surface area contributed by atoms with E-state index in [1.54, 1.807) is 19.2 Å². The monoisotopic (exact) mass is 400 g/mol. The highest BCUT2D eigenvalue weighted by atomic mass is 16.6. The Bertz CT molecular complexity index is 1240. The van der Waals surface area contributed by atoms with Crippen molar-refractivity contribution in [2.75, 3.05) is 7.11 Å². The summed E-state index contributed by atoms with van der Waals surface area (Å²) in [7, 11) is 1.61. The lowest BCUT2D eigenvalue weighted by Gasteiger charge is -2.15. The summed E-state index contributed by atoms with van der Waals surface area (Å²) in [6.45, 7) is 0. The molecule has 0 aliphatic rings. The summed E-state index contributed by atoms with van der Waals surface area (Å²) in [5.74, 6) is -1.08. The molecule has 0 bridgehead atoms. The highest BCUT2D eigenvalue weighted by molar-refractivity contribution is 5.96. The second kappa shape index (κ2) is 8.25. The predicted molar refractivity (Wildman–Crippen MR) is 115 cm³/mol. The van der Waals surface area contributed by atoms with Gasteiger partial charge in [-0.2, -0.15) is 0 Å². The van der Waals surface area contributed by atoms with Gasteiger partial charge in [0.15, 0.2) is 0 Å². The van der Waals surface area contributed by atoms with Crippen molar-refractivity contribution in [2.24, 2.45) is 0 Å². The van der Waals surface area contributed by atoms with Crippen LogP contribution in [0.1, 0.15) is 15.9 Å². The second-order valence-corrected chi connectivity index (χ2v) is 7.05. The van der Waals surface area contributed by atoms with Crippen LogP contribution < -0.4 is 4.74 Å². The fourth-order valence-electron chi connectivity index (χ4n) is 3.43. The summed E-state index contributed by atoms with van der Waals surface area (Å²) < 4.78 is 10.6. The molecule has 0 saturated carbocycles. The number of hydrogen-bond donors (Lipinski definition) is 1. The third-order valence-electron chi connectivity index (χ3n) is 5.04. The van der Waals surface area contributed by atoms with Gasteiger partial charge in [0, 0.05) is 6.42 Å². The Hall–Kier alpha value is -3.86. The van der Waals surface area contributed by atoms with Gasteiger partial charge in [-0.3, -0.25) is 0 Å². The van der Waals surface area contributed by atoms with Gasteiger partial charge in [0.25, 0.3) is 0 Å². The summed E-state index contributed by atoms with van der Waals surface area (Å²) in [6, 6.07) is 24.1. The molecule has 0 aliphatic heterocycles. The molecule has 5 heteroatoms. The first-order valence-electron chi connectivity index (χ1n) is 9.53. The lowest BCUT2D eigenvalue weighted by Crippen LogP contribution is -2.29. The fraction of sp³-hybridized carbons (Fsp3) is 0.120. The maximum atomic E-state index is 12.6. The molecular weight excluding hydrogens is 380 g/mol.